The van der Waals surface area contributed by atoms with Crippen LogP contribution in [0, 0.1) is 0 Å². The first-order chi connectivity index (χ1) is 12.5. The van der Waals surface area contributed by atoms with E-state index >= 15 is 0 Å². The van der Waals surface area contributed by atoms with Gasteiger partial charge in [-0.05, 0) is 40.2 Å². The first kappa shape index (κ1) is 17.9. The highest BCUT2D eigenvalue weighted by Crippen LogP contribution is 2.38. The molecule has 0 amide bonds. The summed E-state index contributed by atoms with van der Waals surface area (Å²) >= 11 is 3.32. The minimum Gasteiger partial charge on any atom is -0.493 e. The van der Waals surface area contributed by atoms with Crippen LogP contribution in [0.4, 0.5) is 0 Å². The Labute approximate surface area is 157 Å². The van der Waals surface area contributed by atoms with Crippen LogP contribution in [0.15, 0.2) is 39.6 Å². The quantitative estimate of drug-likeness (QED) is 0.640. The van der Waals surface area contributed by atoms with Gasteiger partial charge in [-0.1, -0.05) is 6.07 Å². The Morgan fingerprint density at radius 1 is 1.08 bits per heavy atom. The predicted octanol–water partition coefficient (Wildman–Crippen LogP) is 2.94. The van der Waals surface area contributed by atoms with Crippen molar-refractivity contribution in [3.05, 3.63) is 56.5 Å². The fourth-order valence-corrected chi connectivity index (χ4v) is 3.14. The number of aromatic nitrogens is 2. The molecule has 3 aromatic rings. The van der Waals surface area contributed by atoms with Crippen molar-refractivity contribution >= 4 is 32.6 Å². The van der Waals surface area contributed by atoms with E-state index in [9.17, 15) is 9.59 Å². The number of carbonyl (C=O) groups is 1. The molecular weight excluding hydrogens is 404 g/mol. The molecule has 1 aromatic heterocycles. The highest BCUT2D eigenvalue weighted by molar-refractivity contribution is 9.10. The number of nitrogens with one attached hydrogen (secondary N) is 1. The summed E-state index contributed by atoms with van der Waals surface area (Å²) in [6.07, 6.45) is 0. The fraction of sp³-hybridized carbons (Fsp3) is 0.167. The summed E-state index contributed by atoms with van der Waals surface area (Å²) in [6.45, 7) is 0. The lowest BCUT2D eigenvalue weighted by Crippen LogP contribution is -2.17. The molecule has 1 heterocycles. The molecule has 0 saturated heterocycles. The van der Waals surface area contributed by atoms with Gasteiger partial charge in [-0.3, -0.25) is 9.59 Å². The number of H-pyrrole nitrogens is 1. The maximum absolute atomic E-state index is 12.9. The molecular formula is C18H15BrN2O5. The zero-order valence-corrected chi connectivity index (χ0v) is 15.8. The van der Waals surface area contributed by atoms with Crippen molar-refractivity contribution in [2.24, 2.45) is 0 Å². The van der Waals surface area contributed by atoms with Gasteiger partial charge >= 0.3 is 0 Å². The van der Waals surface area contributed by atoms with Gasteiger partial charge in [-0.15, -0.1) is 0 Å². The number of aromatic amines is 1. The van der Waals surface area contributed by atoms with Crippen molar-refractivity contribution in [1.29, 1.82) is 0 Å². The SMILES string of the molecule is COc1cc(C(=O)c2nc3cccc(Br)c3c(=O)[nH]2)cc(OC)c1OC. The summed E-state index contributed by atoms with van der Waals surface area (Å²) in [5.74, 6) is 0.496. The summed E-state index contributed by atoms with van der Waals surface area (Å²) in [6, 6.07) is 8.16. The molecule has 0 unspecified atom stereocenters. The van der Waals surface area contributed by atoms with E-state index in [2.05, 4.69) is 25.9 Å². The zero-order chi connectivity index (χ0) is 18.8. The second-order valence-corrected chi connectivity index (χ2v) is 6.15. The Kier molecular flexibility index (Phi) is 4.94. The number of ether oxygens (including phenoxy) is 3. The number of methoxy groups -OCH3 is 3. The second-order valence-electron chi connectivity index (χ2n) is 5.29. The number of hydrogen-bond acceptors (Lipinski definition) is 6. The molecule has 0 fully saturated rings. The van der Waals surface area contributed by atoms with Crippen LogP contribution in [0.5, 0.6) is 17.2 Å². The van der Waals surface area contributed by atoms with Crippen LogP contribution in [-0.2, 0) is 0 Å². The Morgan fingerprint density at radius 3 is 2.31 bits per heavy atom. The van der Waals surface area contributed by atoms with Crippen LogP contribution in [0.25, 0.3) is 10.9 Å². The normalized spacial score (nSPS) is 10.6. The Hall–Kier alpha value is -2.87. The van der Waals surface area contributed by atoms with Gasteiger partial charge in [0, 0.05) is 10.0 Å². The van der Waals surface area contributed by atoms with Crippen LogP contribution >= 0.6 is 15.9 Å². The molecule has 0 radical (unpaired) electrons. The van der Waals surface area contributed by atoms with Crippen molar-refractivity contribution in [1.82, 2.24) is 9.97 Å². The Morgan fingerprint density at radius 2 is 1.73 bits per heavy atom. The number of ketones is 1. The molecule has 8 heteroatoms. The lowest BCUT2D eigenvalue weighted by atomic mass is 10.1. The highest BCUT2D eigenvalue weighted by Gasteiger charge is 2.20. The van der Waals surface area contributed by atoms with Crippen LogP contribution in [-0.4, -0.2) is 37.1 Å². The van der Waals surface area contributed by atoms with E-state index in [0.29, 0.717) is 32.6 Å². The Bertz CT molecular complexity index is 1040. The van der Waals surface area contributed by atoms with Gasteiger partial charge in [0.25, 0.3) is 5.56 Å². The molecule has 7 nitrogen and oxygen atoms in total. The largest absolute Gasteiger partial charge is 0.493 e. The topological polar surface area (TPSA) is 90.5 Å². The smallest absolute Gasteiger partial charge is 0.260 e. The number of carbonyl (C=O) groups excluding carboxylic acids is 1. The maximum Gasteiger partial charge on any atom is 0.260 e. The molecule has 0 saturated carbocycles. The summed E-state index contributed by atoms with van der Waals surface area (Å²) in [4.78, 5) is 32.0. The summed E-state index contributed by atoms with van der Waals surface area (Å²) in [5, 5.41) is 0.383. The Balaban J connectivity index is 2.16. The van der Waals surface area contributed by atoms with Crippen LogP contribution < -0.4 is 19.8 Å². The molecule has 1 N–H and O–H groups in total. The van der Waals surface area contributed by atoms with Gasteiger partial charge in [0.15, 0.2) is 17.3 Å². The first-order valence-corrected chi connectivity index (χ1v) is 8.32. The van der Waals surface area contributed by atoms with Gasteiger partial charge in [-0.25, -0.2) is 4.98 Å². The lowest BCUT2D eigenvalue weighted by molar-refractivity contribution is 0.102. The number of halogens is 1. The molecule has 0 aliphatic carbocycles. The number of hydrogen-bond donors (Lipinski definition) is 1. The summed E-state index contributed by atoms with van der Waals surface area (Å²) in [7, 11) is 4.39. The zero-order valence-electron chi connectivity index (χ0n) is 14.3. The van der Waals surface area contributed by atoms with Crippen molar-refractivity contribution < 1.29 is 19.0 Å². The average molecular weight is 419 g/mol. The monoisotopic (exact) mass is 418 g/mol. The third-order valence-corrected chi connectivity index (χ3v) is 4.49. The summed E-state index contributed by atoms with van der Waals surface area (Å²) < 4.78 is 16.4. The fourth-order valence-electron chi connectivity index (χ4n) is 2.61. The molecule has 0 aliphatic rings. The van der Waals surface area contributed by atoms with Gasteiger partial charge in [0.05, 0.1) is 32.2 Å². The second kappa shape index (κ2) is 7.17. The van der Waals surface area contributed by atoms with Crippen molar-refractivity contribution in [3.63, 3.8) is 0 Å². The number of rotatable bonds is 5. The van der Waals surface area contributed by atoms with Gasteiger partial charge < -0.3 is 19.2 Å². The third-order valence-electron chi connectivity index (χ3n) is 3.82. The van der Waals surface area contributed by atoms with Crippen LogP contribution in [0.1, 0.15) is 16.2 Å². The molecule has 2 aromatic carbocycles. The van der Waals surface area contributed by atoms with Crippen LogP contribution in [0.3, 0.4) is 0 Å². The molecule has 26 heavy (non-hydrogen) atoms. The van der Waals surface area contributed by atoms with E-state index < -0.39 is 11.3 Å². The lowest BCUT2D eigenvalue weighted by Gasteiger charge is -2.13. The summed E-state index contributed by atoms with van der Waals surface area (Å²) in [5.41, 5.74) is 0.259. The molecule has 0 spiro atoms. The maximum atomic E-state index is 12.9. The van der Waals surface area contributed by atoms with Gasteiger partial charge in [0.1, 0.15) is 0 Å². The minimum absolute atomic E-state index is 0.0742. The molecule has 134 valence electrons. The van der Waals surface area contributed by atoms with E-state index in [4.69, 9.17) is 14.2 Å². The van der Waals surface area contributed by atoms with Crippen LogP contribution in [0.2, 0.25) is 0 Å². The van der Waals surface area contributed by atoms with E-state index in [1.54, 1.807) is 18.2 Å². The predicted molar refractivity (Wildman–Crippen MR) is 99.6 cm³/mol. The van der Waals surface area contributed by atoms with E-state index in [1.165, 1.54) is 33.5 Å². The molecule has 0 aliphatic heterocycles. The number of fused-ring (bicyclic) bond motifs is 1. The highest BCUT2D eigenvalue weighted by atomic mass is 79.9. The number of benzene rings is 2. The number of nitrogens with zero attached hydrogens (tertiary/aromatic N) is 1. The molecule has 0 atom stereocenters. The average Bonchev–Trinajstić information content (AvgIpc) is 2.65. The van der Waals surface area contributed by atoms with Gasteiger partial charge in [-0.2, -0.15) is 0 Å². The molecule has 3 rings (SSSR count). The first-order valence-electron chi connectivity index (χ1n) is 7.53. The van der Waals surface area contributed by atoms with Crippen molar-refractivity contribution in [2.45, 2.75) is 0 Å². The van der Waals surface area contributed by atoms with E-state index in [1.807, 2.05) is 0 Å². The minimum atomic E-state index is -0.469. The molecule has 0 bridgehead atoms. The van der Waals surface area contributed by atoms with E-state index in [0.717, 1.165) is 0 Å². The standard InChI is InChI=1S/C18H15BrN2O5/c1-24-12-7-9(8-13(25-2)16(12)26-3)15(22)17-20-11-6-4-5-10(19)14(11)18(23)21-17/h4-8H,1-3H3,(H,20,21,23). The van der Waals surface area contributed by atoms with Gasteiger partial charge in [0.2, 0.25) is 11.5 Å². The van der Waals surface area contributed by atoms with Crippen molar-refractivity contribution in [2.75, 3.05) is 21.3 Å². The van der Waals surface area contributed by atoms with Crippen molar-refractivity contribution in [3.8, 4) is 17.2 Å². The third kappa shape index (κ3) is 3.03. The van der Waals surface area contributed by atoms with E-state index in [-0.39, 0.29) is 11.4 Å².